The second-order valence-corrected chi connectivity index (χ2v) is 1.94. The van der Waals surface area contributed by atoms with Crippen molar-refractivity contribution in [3.8, 4) is 11.5 Å². The van der Waals surface area contributed by atoms with Gasteiger partial charge in [-0.3, -0.25) is 4.79 Å². The van der Waals surface area contributed by atoms with E-state index in [9.17, 15) is 4.79 Å². The fourth-order valence-corrected chi connectivity index (χ4v) is 0.838. The molecule has 2 heterocycles. The molecule has 0 N–H and O–H groups in total. The van der Waals surface area contributed by atoms with E-state index in [4.69, 9.17) is 0 Å². The SMILES string of the molecule is O=[C]n1cncc2ncnc1-2. The molecule has 0 amide bonds. The average molecular weight is 147 g/mol. The lowest BCUT2D eigenvalue weighted by molar-refractivity contribution is 0.546. The third-order valence-corrected chi connectivity index (χ3v) is 1.31. The minimum absolute atomic E-state index is 0.481. The standard InChI is InChI=1S/C6H3N4O/c11-4-10-3-7-1-5-6(10)9-2-8-5/h1-3H. The van der Waals surface area contributed by atoms with Crippen molar-refractivity contribution in [2.75, 3.05) is 0 Å². The van der Waals surface area contributed by atoms with Crippen molar-refractivity contribution in [1.29, 1.82) is 0 Å². The molecule has 53 valence electrons. The Balaban J connectivity index is 2.75. The summed E-state index contributed by atoms with van der Waals surface area (Å²) < 4.78 is 1.16. The van der Waals surface area contributed by atoms with Gasteiger partial charge in [0.25, 0.3) is 0 Å². The number of hydrogen-bond acceptors (Lipinski definition) is 4. The lowest BCUT2D eigenvalue weighted by Gasteiger charge is -1.97. The van der Waals surface area contributed by atoms with Crippen LogP contribution >= 0.6 is 0 Å². The van der Waals surface area contributed by atoms with Gasteiger partial charge < -0.3 is 0 Å². The van der Waals surface area contributed by atoms with E-state index in [0.29, 0.717) is 11.5 Å². The van der Waals surface area contributed by atoms with E-state index in [1.54, 1.807) is 6.41 Å². The molecule has 0 saturated heterocycles. The molecule has 0 spiro atoms. The number of fused-ring (bicyclic) bond motifs is 1. The smallest absolute Gasteiger partial charge is 0.262 e. The average Bonchev–Trinajstić information content (AvgIpc) is 2.50. The van der Waals surface area contributed by atoms with E-state index in [0.717, 1.165) is 4.57 Å². The topological polar surface area (TPSA) is 60.7 Å². The van der Waals surface area contributed by atoms with Crippen LogP contribution in [0.5, 0.6) is 0 Å². The quantitative estimate of drug-likeness (QED) is 0.555. The maximum atomic E-state index is 10.2. The van der Waals surface area contributed by atoms with E-state index < -0.39 is 0 Å². The van der Waals surface area contributed by atoms with E-state index in [2.05, 4.69) is 15.0 Å². The fraction of sp³-hybridized carbons (Fsp3) is 0. The highest BCUT2D eigenvalue weighted by Crippen LogP contribution is 2.11. The lowest BCUT2D eigenvalue weighted by atomic mass is 10.4. The summed E-state index contributed by atoms with van der Waals surface area (Å²) in [6, 6.07) is 0. The predicted molar refractivity (Wildman–Crippen MR) is 35.5 cm³/mol. The summed E-state index contributed by atoms with van der Waals surface area (Å²) in [6.45, 7) is 0. The summed E-state index contributed by atoms with van der Waals surface area (Å²) in [5.74, 6) is 0.481. The lowest BCUT2D eigenvalue weighted by Crippen LogP contribution is -2.02. The Bertz CT molecular complexity index is 356. The highest BCUT2D eigenvalue weighted by molar-refractivity contribution is 5.63. The molecule has 2 aliphatic rings. The normalized spacial score (nSPS) is 10.2. The molecule has 0 saturated carbocycles. The van der Waals surface area contributed by atoms with Crippen molar-refractivity contribution in [3.63, 3.8) is 0 Å². The van der Waals surface area contributed by atoms with Crippen LogP contribution in [0.4, 0.5) is 0 Å². The molecule has 5 heteroatoms. The molecule has 0 fully saturated rings. The summed E-state index contributed by atoms with van der Waals surface area (Å²) in [6.07, 6.45) is 5.91. The molecule has 0 aromatic rings. The monoisotopic (exact) mass is 147 g/mol. The molecular formula is C6H3N4O. The Kier molecular flexibility index (Phi) is 1.15. The third kappa shape index (κ3) is 0.778. The molecule has 2 rings (SSSR count). The van der Waals surface area contributed by atoms with Gasteiger partial charge in [0.15, 0.2) is 5.82 Å². The van der Waals surface area contributed by atoms with Gasteiger partial charge in [0.1, 0.15) is 18.3 Å². The van der Waals surface area contributed by atoms with Gasteiger partial charge in [-0.05, 0) is 0 Å². The molecule has 0 bridgehead atoms. The molecule has 11 heavy (non-hydrogen) atoms. The van der Waals surface area contributed by atoms with Gasteiger partial charge in [0.2, 0.25) is 0 Å². The fourth-order valence-electron chi connectivity index (χ4n) is 0.838. The molecule has 0 aromatic heterocycles. The van der Waals surface area contributed by atoms with Crippen molar-refractivity contribution < 1.29 is 4.79 Å². The van der Waals surface area contributed by atoms with Crippen LogP contribution in [-0.2, 0) is 4.79 Å². The summed E-state index contributed by atoms with van der Waals surface area (Å²) in [5.41, 5.74) is 0.593. The van der Waals surface area contributed by atoms with Crippen LogP contribution in [0.15, 0.2) is 18.9 Å². The van der Waals surface area contributed by atoms with Crippen LogP contribution in [0.1, 0.15) is 0 Å². The predicted octanol–water partition coefficient (Wildman–Crippen LogP) is -0.307. The summed E-state index contributed by atoms with van der Waals surface area (Å²) in [5, 5.41) is 0. The summed E-state index contributed by atoms with van der Waals surface area (Å²) in [7, 11) is 0. The molecule has 0 aliphatic carbocycles. The van der Waals surface area contributed by atoms with Crippen LogP contribution in [0.3, 0.4) is 0 Å². The minimum Gasteiger partial charge on any atom is -0.262 e. The van der Waals surface area contributed by atoms with E-state index in [1.165, 1.54) is 18.9 Å². The molecule has 5 nitrogen and oxygen atoms in total. The minimum atomic E-state index is 0.481. The van der Waals surface area contributed by atoms with Gasteiger partial charge in [-0.25, -0.2) is 19.5 Å². The Morgan fingerprint density at radius 3 is 3.18 bits per heavy atom. The van der Waals surface area contributed by atoms with E-state index >= 15 is 0 Å². The summed E-state index contributed by atoms with van der Waals surface area (Å²) >= 11 is 0. The van der Waals surface area contributed by atoms with Gasteiger partial charge in [-0.15, -0.1) is 0 Å². The first-order chi connectivity index (χ1) is 5.42. The Morgan fingerprint density at radius 2 is 2.36 bits per heavy atom. The van der Waals surface area contributed by atoms with Crippen molar-refractivity contribution in [2.24, 2.45) is 0 Å². The first-order valence-corrected chi connectivity index (χ1v) is 2.93. The van der Waals surface area contributed by atoms with Gasteiger partial charge in [-0.1, -0.05) is 0 Å². The van der Waals surface area contributed by atoms with E-state index in [-0.39, 0.29) is 0 Å². The molecule has 0 atom stereocenters. The maximum Gasteiger partial charge on any atom is 0.323 e. The molecule has 2 aliphatic heterocycles. The zero-order valence-corrected chi connectivity index (χ0v) is 5.43. The number of imidazole rings is 1. The van der Waals surface area contributed by atoms with Crippen molar-refractivity contribution in [3.05, 3.63) is 18.9 Å². The van der Waals surface area contributed by atoms with Gasteiger partial charge >= 0.3 is 6.41 Å². The maximum absolute atomic E-state index is 10.2. The molecule has 0 unspecified atom stereocenters. The molecule has 1 radical (unpaired) electrons. The second kappa shape index (κ2) is 2.12. The zero-order valence-electron chi connectivity index (χ0n) is 5.43. The van der Waals surface area contributed by atoms with Crippen LogP contribution in [0, 0.1) is 0 Å². The molecular weight excluding hydrogens is 144 g/mol. The van der Waals surface area contributed by atoms with Crippen molar-refractivity contribution in [1.82, 2.24) is 19.5 Å². The zero-order chi connectivity index (χ0) is 7.68. The number of nitrogens with zero attached hydrogens (tertiary/aromatic N) is 4. The highest BCUT2D eigenvalue weighted by atomic mass is 16.1. The first kappa shape index (κ1) is 5.96. The first-order valence-electron chi connectivity index (χ1n) is 2.93. The van der Waals surface area contributed by atoms with Gasteiger partial charge in [-0.2, -0.15) is 0 Å². The van der Waals surface area contributed by atoms with E-state index in [1.807, 2.05) is 0 Å². The van der Waals surface area contributed by atoms with Crippen LogP contribution < -0.4 is 0 Å². The Morgan fingerprint density at radius 1 is 1.45 bits per heavy atom. The van der Waals surface area contributed by atoms with Crippen LogP contribution in [0.2, 0.25) is 0 Å². The van der Waals surface area contributed by atoms with Crippen molar-refractivity contribution >= 4 is 6.41 Å². The second-order valence-electron chi connectivity index (χ2n) is 1.94. The van der Waals surface area contributed by atoms with Crippen molar-refractivity contribution in [2.45, 2.75) is 0 Å². The Labute approximate surface area is 62.1 Å². The number of carbonyl (C=O) groups excluding carboxylic acids is 1. The number of rotatable bonds is 1. The number of hydrogen-bond donors (Lipinski definition) is 0. The van der Waals surface area contributed by atoms with Crippen LogP contribution in [-0.4, -0.2) is 25.9 Å². The van der Waals surface area contributed by atoms with Gasteiger partial charge in [0.05, 0.1) is 6.20 Å². The largest absolute Gasteiger partial charge is 0.323 e. The van der Waals surface area contributed by atoms with Gasteiger partial charge in [0, 0.05) is 0 Å². The number of aromatic nitrogens is 4. The summed E-state index contributed by atoms with van der Waals surface area (Å²) in [4.78, 5) is 21.7. The Hall–Kier alpha value is -1.78. The third-order valence-electron chi connectivity index (χ3n) is 1.31. The van der Waals surface area contributed by atoms with Crippen LogP contribution in [0.25, 0.3) is 11.5 Å². The molecule has 0 aromatic carbocycles. The highest BCUT2D eigenvalue weighted by Gasteiger charge is 2.08.